The van der Waals surface area contributed by atoms with Crippen LogP contribution < -0.4 is 0 Å². The molecule has 0 saturated carbocycles. The fraction of sp³-hybridized carbons (Fsp3) is 0.852. The number of likely N-dealkylation sites (N-methyl/N-ethyl adjacent to an activating group) is 1. The van der Waals surface area contributed by atoms with E-state index in [4.69, 9.17) is 32.2 Å². The Hall–Kier alpha value is -1.63. The molecule has 0 spiro atoms. The summed E-state index contributed by atoms with van der Waals surface area (Å²) in [5, 5.41) is 0. The van der Waals surface area contributed by atoms with Gasteiger partial charge >= 0.3 is 12.1 Å². The smallest absolute Gasteiger partial charge is 0.410 e. The van der Waals surface area contributed by atoms with Gasteiger partial charge in [0.25, 0.3) is 0 Å². The van der Waals surface area contributed by atoms with Gasteiger partial charge in [0.2, 0.25) is 0 Å². The van der Waals surface area contributed by atoms with Gasteiger partial charge in [-0.1, -0.05) is 114 Å². The van der Waals surface area contributed by atoms with Gasteiger partial charge in [-0.05, 0) is 105 Å². The minimum Gasteiger partial charge on any atom is -0.457 e. The lowest BCUT2D eigenvalue weighted by atomic mass is 9.91. The van der Waals surface area contributed by atoms with Gasteiger partial charge in [-0.25, -0.2) is 4.79 Å². The van der Waals surface area contributed by atoms with Gasteiger partial charge in [0, 0.05) is 57.6 Å². The zero-order chi connectivity index (χ0) is 50.7. The van der Waals surface area contributed by atoms with E-state index in [1.807, 2.05) is 13.1 Å². The fourth-order valence-corrected chi connectivity index (χ4v) is 19.7. The van der Waals surface area contributed by atoms with Crippen molar-refractivity contribution in [3.05, 3.63) is 36.0 Å². The summed E-state index contributed by atoms with van der Waals surface area (Å²) < 4.78 is 46.4. The standard InChI is InChI=1S/C54H102N2O9Si3/c1-17-47(64-67(21-5,22-6)23-7)45(14)52-49(60-52)41-54(15,65-68(24-8,25-9)26-10)33-27-28-43(12)51-44(13)30-32-48(61-53(58)55(16)34-35-56-36-38-59-39-37-56)42(11)29-31-46(40-50(57)62-51)63-66(18-2,19-3)20-4/h27-28,30,32-33,42,44-49,51-52H,17-26,29,31,34-41H2,1-16H3/b32-30-,33-27+,43-28+. The number of ether oxygens (including phenoxy) is 4. The van der Waals surface area contributed by atoms with Gasteiger partial charge in [-0.3, -0.25) is 9.69 Å². The molecule has 0 N–H and O–H groups in total. The lowest BCUT2D eigenvalue weighted by Gasteiger charge is -2.39. The molecule has 11 nitrogen and oxygen atoms in total. The number of epoxide rings is 1. The maximum Gasteiger partial charge on any atom is 0.410 e. The van der Waals surface area contributed by atoms with Gasteiger partial charge in [0.15, 0.2) is 25.0 Å². The van der Waals surface area contributed by atoms with Crippen LogP contribution in [0.15, 0.2) is 36.0 Å². The van der Waals surface area contributed by atoms with Gasteiger partial charge in [0.1, 0.15) is 12.2 Å². The van der Waals surface area contributed by atoms with E-state index < -0.39 is 42.8 Å². The van der Waals surface area contributed by atoms with E-state index in [1.54, 1.807) is 4.90 Å². The van der Waals surface area contributed by atoms with Gasteiger partial charge < -0.3 is 37.1 Å². The number of morpholine rings is 1. The van der Waals surface area contributed by atoms with Gasteiger partial charge in [-0.2, -0.15) is 0 Å². The predicted molar refractivity (Wildman–Crippen MR) is 288 cm³/mol. The first-order chi connectivity index (χ1) is 32.3. The molecule has 2 saturated heterocycles. The molecule has 10 atom stereocenters. The molecule has 1 amide bonds. The molecule has 0 bridgehead atoms. The van der Waals surface area contributed by atoms with Crippen LogP contribution in [0.4, 0.5) is 4.79 Å². The van der Waals surface area contributed by atoms with Crippen LogP contribution in [0, 0.1) is 17.8 Å². The molecule has 0 radical (unpaired) electrons. The third-order valence-electron chi connectivity index (χ3n) is 16.7. The monoisotopic (exact) mass is 1010 g/mol. The van der Waals surface area contributed by atoms with Crippen molar-refractivity contribution in [3.63, 3.8) is 0 Å². The molecule has 0 aliphatic carbocycles. The number of amides is 1. The molecule has 0 aromatic heterocycles. The number of rotatable bonds is 27. The number of hydrogen-bond acceptors (Lipinski definition) is 10. The molecular formula is C54H102N2O9Si3. The van der Waals surface area contributed by atoms with Crippen LogP contribution in [-0.4, -0.2) is 135 Å². The SMILES string of the molecule is CCC(O[Si](CC)(CC)CC)C(C)C1OC1CC(C)(/C=C/C=C(\C)C1OC(=O)CC(O[Si](CC)(CC)CC)CCC(C)C(OC(=O)N(C)CCN2CCOCC2)/C=C\C1C)O[Si](CC)(CC)CC. The first-order valence-corrected chi connectivity index (χ1v) is 35.1. The van der Waals surface area contributed by atoms with E-state index in [0.717, 1.165) is 112 Å². The largest absolute Gasteiger partial charge is 0.457 e. The molecule has 10 unspecified atom stereocenters. The van der Waals surface area contributed by atoms with Crippen molar-refractivity contribution in [2.45, 2.75) is 233 Å². The van der Waals surface area contributed by atoms with Crippen LogP contribution in [-0.2, 0) is 37.0 Å². The van der Waals surface area contributed by atoms with Crippen molar-refractivity contribution in [2.75, 3.05) is 46.4 Å². The molecule has 3 aliphatic rings. The minimum atomic E-state index is -2.05. The summed E-state index contributed by atoms with van der Waals surface area (Å²) in [7, 11) is -4.04. The summed E-state index contributed by atoms with van der Waals surface area (Å²) in [6.07, 6.45) is 12.8. The maximum atomic E-state index is 14.1. The van der Waals surface area contributed by atoms with E-state index in [0.29, 0.717) is 18.9 Å². The Kier molecular flexibility index (Phi) is 26.0. The molecular weight excluding hydrogens is 905 g/mol. The molecule has 394 valence electrons. The van der Waals surface area contributed by atoms with E-state index in [1.165, 1.54) is 0 Å². The summed E-state index contributed by atoms with van der Waals surface area (Å²) in [6, 6.07) is 9.58. The van der Waals surface area contributed by atoms with Crippen molar-refractivity contribution in [1.29, 1.82) is 0 Å². The first kappa shape index (κ1) is 60.7. The van der Waals surface area contributed by atoms with Crippen molar-refractivity contribution >= 4 is 37.0 Å². The van der Waals surface area contributed by atoms with Gasteiger partial charge in [0.05, 0.1) is 43.5 Å². The Bertz CT molecular complexity index is 1560. The molecule has 0 aromatic carbocycles. The van der Waals surface area contributed by atoms with Crippen LogP contribution in [0.3, 0.4) is 0 Å². The van der Waals surface area contributed by atoms with Crippen LogP contribution in [0.25, 0.3) is 0 Å². The van der Waals surface area contributed by atoms with Crippen LogP contribution in [0.5, 0.6) is 0 Å². The topological polar surface area (TPSA) is 109 Å². The molecule has 2 fully saturated rings. The molecule has 68 heavy (non-hydrogen) atoms. The molecule has 14 heteroatoms. The van der Waals surface area contributed by atoms with E-state index in [2.05, 4.69) is 133 Å². The Morgan fingerprint density at radius 3 is 2.03 bits per heavy atom. The highest BCUT2D eigenvalue weighted by atomic mass is 28.4. The second-order valence-corrected chi connectivity index (χ2v) is 35.2. The van der Waals surface area contributed by atoms with Crippen LogP contribution in [0.2, 0.25) is 54.4 Å². The summed E-state index contributed by atoms with van der Waals surface area (Å²) in [5.74, 6) is -0.124. The van der Waals surface area contributed by atoms with E-state index >= 15 is 0 Å². The lowest BCUT2D eigenvalue weighted by molar-refractivity contribution is -0.150. The fourth-order valence-electron chi connectivity index (χ4n) is 10.7. The molecule has 3 heterocycles. The van der Waals surface area contributed by atoms with Crippen molar-refractivity contribution in [3.8, 4) is 0 Å². The average Bonchev–Trinajstić information content (AvgIpc) is 4.12. The summed E-state index contributed by atoms with van der Waals surface area (Å²) >= 11 is 0. The predicted octanol–water partition coefficient (Wildman–Crippen LogP) is 12.9. The number of cyclic esters (lactones) is 1. The Morgan fingerprint density at radius 1 is 0.882 bits per heavy atom. The number of hydrogen-bond donors (Lipinski definition) is 0. The zero-order valence-electron chi connectivity index (χ0n) is 46.3. The average molecular weight is 1010 g/mol. The highest BCUT2D eigenvalue weighted by molar-refractivity contribution is 6.74. The van der Waals surface area contributed by atoms with Crippen LogP contribution in [0.1, 0.15) is 136 Å². The third-order valence-corrected chi connectivity index (χ3v) is 30.8. The van der Waals surface area contributed by atoms with Crippen molar-refractivity contribution in [2.24, 2.45) is 17.8 Å². The Labute approximate surface area is 419 Å². The van der Waals surface area contributed by atoms with Crippen molar-refractivity contribution in [1.82, 2.24) is 9.80 Å². The summed E-state index contributed by atoms with van der Waals surface area (Å²) in [5.41, 5.74) is 0.391. The number of carbonyl (C=O) groups excluding carboxylic acids is 2. The third kappa shape index (κ3) is 17.8. The van der Waals surface area contributed by atoms with Crippen molar-refractivity contribution < 1.29 is 41.8 Å². The lowest BCUT2D eigenvalue weighted by Crippen LogP contribution is -2.46. The maximum absolute atomic E-state index is 14.1. The highest BCUT2D eigenvalue weighted by Gasteiger charge is 2.51. The normalized spacial score (nSPS) is 27.4. The second-order valence-electron chi connectivity index (χ2n) is 21.1. The minimum absolute atomic E-state index is 0.0103. The quantitative estimate of drug-likeness (QED) is 0.0259. The number of esters is 1. The second kappa shape index (κ2) is 29.2. The number of allylic oxidation sites excluding steroid dienone is 2. The zero-order valence-corrected chi connectivity index (χ0v) is 49.3. The summed E-state index contributed by atoms with van der Waals surface area (Å²) in [4.78, 5) is 31.8. The Balaban J connectivity index is 1.96. The van der Waals surface area contributed by atoms with Gasteiger partial charge in [-0.15, -0.1) is 0 Å². The number of nitrogens with zero attached hydrogens (tertiary/aromatic N) is 2. The number of carbonyl (C=O) groups is 2. The molecule has 3 aliphatic heterocycles. The van der Waals surface area contributed by atoms with E-state index in [9.17, 15) is 9.59 Å². The van der Waals surface area contributed by atoms with Crippen LogP contribution >= 0.6 is 0 Å². The highest BCUT2D eigenvalue weighted by Crippen LogP contribution is 2.42. The first-order valence-electron chi connectivity index (χ1n) is 27.5. The Morgan fingerprint density at radius 2 is 1.47 bits per heavy atom. The summed E-state index contributed by atoms with van der Waals surface area (Å²) in [6.45, 7) is 38.1. The molecule has 0 aromatic rings. The molecule has 3 rings (SSSR count). The van der Waals surface area contributed by atoms with E-state index in [-0.39, 0.29) is 54.7 Å².